The summed E-state index contributed by atoms with van der Waals surface area (Å²) in [6.45, 7) is -0.244. The molecular formula is C5H4Cl2N2O. The lowest BCUT2D eigenvalue weighted by atomic mass is 10.5. The van der Waals surface area contributed by atoms with E-state index in [2.05, 4.69) is 9.97 Å². The maximum absolute atomic E-state index is 8.60. The third kappa shape index (κ3) is 1.56. The number of hydrogen-bond donors (Lipinski definition) is 1. The molecule has 0 bridgehead atoms. The fraction of sp³-hybridized carbons (Fsp3) is 0.200. The van der Waals surface area contributed by atoms with Gasteiger partial charge in [0.05, 0.1) is 12.8 Å². The van der Waals surface area contributed by atoms with E-state index in [-0.39, 0.29) is 16.9 Å². The van der Waals surface area contributed by atoms with Crippen molar-refractivity contribution in [2.45, 2.75) is 6.61 Å². The highest BCUT2D eigenvalue weighted by molar-refractivity contribution is 6.31. The standard InChI is InChI=1S/C5H4Cl2N2O/c6-4-1-8-5(7)3(2-10)9-4/h1,10H,2H2. The molecule has 0 aliphatic rings. The molecule has 0 radical (unpaired) electrons. The molecule has 5 heteroatoms. The first-order valence-electron chi connectivity index (χ1n) is 2.52. The average Bonchev–Trinajstić information content (AvgIpc) is 1.94. The summed E-state index contributed by atoms with van der Waals surface area (Å²) in [4.78, 5) is 7.37. The summed E-state index contributed by atoms with van der Waals surface area (Å²) < 4.78 is 0. The highest BCUT2D eigenvalue weighted by Crippen LogP contribution is 2.12. The minimum atomic E-state index is -0.244. The highest BCUT2D eigenvalue weighted by atomic mass is 35.5. The molecule has 0 atom stereocenters. The number of aliphatic hydroxyl groups is 1. The van der Waals surface area contributed by atoms with Crippen LogP contribution < -0.4 is 0 Å². The van der Waals surface area contributed by atoms with Gasteiger partial charge >= 0.3 is 0 Å². The van der Waals surface area contributed by atoms with Crippen LogP contribution in [0.25, 0.3) is 0 Å². The largest absolute Gasteiger partial charge is 0.390 e. The molecular weight excluding hydrogens is 175 g/mol. The van der Waals surface area contributed by atoms with Crippen LogP contribution in [0.4, 0.5) is 0 Å². The Morgan fingerprint density at radius 1 is 1.50 bits per heavy atom. The predicted octanol–water partition coefficient (Wildman–Crippen LogP) is 1.28. The van der Waals surface area contributed by atoms with Crippen molar-refractivity contribution >= 4 is 23.2 Å². The first-order valence-corrected chi connectivity index (χ1v) is 3.27. The van der Waals surface area contributed by atoms with E-state index in [1.165, 1.54) is 6.20 Å². The first kappa shape index (κ1) is 7.72. The third-order valence-electron chi connectivity index (χ3n) is 0.914. The van der Waals surface area contributed by atoms with E-state index in [4.69, 9.17) is 28.3 Å². The third-order valence-corrected chi connectivity index (χ3v) is 1.41. The summed E-state index contributed by atoms with van der Waals surface area (Å²) in [6.07, 6.45) is 1.32. The van der Waals surface area contributed by atoms with Crippen LogP contribution in [0, 0.1) is 0 Å². The number of nitrogens with zero attached hydrogens (tertiary/aromatic N) is 2. The van der Waals surface area contributed by atoms with Crippen molar-refractivity contribution in [3.63, 3.8) is 0 Å². The van der Waals surface area contributed by atoms with Crippen LogP contribution in [0.15, 0.2) is 6.20 Å². The Kier molecular flexibility index (Phi) is 2.43. The molecule has 0 spiro atoms. The number of hydrogen-bond acceptors (Lipinski definition) is 3. The van der Waals surface area contributed by atoms with Crippen LogP contribution in [-0.2, 0) is 6.61 Å². The predicted molar refractivity (Wildman–Crippen MR) is 38.0 cm³/mol. The Labute approximate surface area is 67.6 Å². The van der Waals surface area contributed by atoms with Gasteiger partial charge in [-0.1, -0.05) is 23.2 Å². The number of rotatable bonds is 1. The van der Waals surface area contributed by atoms with Crippen LogP contribution >= 0.6 is 23.2 Å². The van der Waals surface area contributed by atoms with Crippen molar-refractivity contribution in [1.82, 2.24) is 9.97 Å². The zero-order chi connectivity index (χ0) is 7.56. The lowest BCUT2D eigenvalue weighted by Crippen LogP contribution is -1.92. The minimum Gasteiger partial charge on any atom is -0.390 e. The van der Waals surface area contributed by atoms with Crippen LogP contribution in [0.2, 0.25) is 10.3 Å². The lowest BCUT2D eigenvalue weighted by molar-refractivity contribution is 0.276. The molecule has 0 saturated heterocycles. The van der Waals surface area contributed by atoms with E-state index >= 15 is 0 Å². The van der Waals surface area contributed by atoms with Gasteiger partial charge in [0.1, 0.15) is 10.8 Å². The molecule has 1 aromatic heterocycles. The van der Waals surface area contributed by atoms with Crippen molar-refractivity contribution in [2.75, 3.05) is 0 Å². The van der Waals surface area contributed by atoms with E-state index in [1.54, 1.807) is 0 Å². The highest BCUT2D eigenvalue weighted by Gasteiger charge is 2.01. The molecule has 1 heterocycles. The van der Waals surface area contributed by atoms with Gasteiger partial charge in [0, 0.05) is 0 Å². The van der Waals surface area contributed by atoms with Gasteiger partial charge in [-0.3, -0.25) is 0 Å². The normalized spacial score (nSPS) is 9.90. The number of aromatic nitrogens is 2. The summed E-state index contributed by atoms with van der Waals surface area (Å²) in [5.41, 5.74) is 0.300. The molecule has 3 nitrogen and oxygen atoms in total. The molecule has 1 aromatic rings. The summed E-state index contributed by atoms with van der Waals surface area (Å²) in [7, 11) is 0. The van der Waals surface area contributed by atoms with Gasteiger partial charge in [0.2, 0.25) is 0 Å². The molecule has 0 aromatic carbocycles. The average molecular weight is 179 g/mol. The number of aliphatic hydroxyl groups excluding tert-OH is 1. The second-order valence-electron chi connectivity index (χ2n) is 1.59. The molecule has 10 heavy (non-hydrogen) atoms. The van der Waals surface area contributed by atoms with Gasteiger partial charge in [-0.15, -0.1) is 0 Å². The summed E-state index contributed by atoms with van der Waals surface area (Å²) >= 11 is 11.0. The zero-order valence-corrected chi connectivity index (χ0v) is 6.39. The quantitative estimate of drug-likeness (QED) is 0.706. The SMILES string of the molecule is OCc1nc(Cl)cnc1Cl. The molecule has 0 aliphatic carbocycles. The smallest absolute Gasteiger partial charge is 0.153 e. The molecule has 54 valence electrons. The Morgan fingerprint density at radius 3 is 2.70 bits per heavy atom. The minimum absolute atomic E-state index is 0.187. The molecule has 1 N–H and O–H groups in total. The Balaban J connectivity index is 3.09. The summed E-state index contributed by atoms with van der Waals surface area (Å²) in [6, 6.07) is 0. The van der Waals surface area contributed by atoms with Crippen molar-refractivity contribution < 1.29 is 5.11 Å². The number of halogens is 2. The van der Waals surface area contributed by atoms with Gasteiger partial charge in [-0.05, 0) is 0 Å². The van der Waals surface area contributed by atoms with Crippen molar-refractivity contribution in [2.24, 2.45) is 0 Å². The molecule has 0 amide bonds. The van der Waals surface area contributed by atoms with Crippen molar-refractivity contribution in [3.8, 4) is 0 Å². The van der Waals surface area contributed by atoms with Crippen molar-refractivity contribution in [3.05, 3.63) is 22.2 Å². The molecule has 0 unspecified atom stereocenters. The van der Waals surface area contributed by atoms with Gasteiger partial charge in [0.25, 0.3) is 0 Å². The van der Waals surface area contributed by atoms with E-state index in [0.29, 0.717) is 5.69 Å². The second-order valence-corrected chi connectivity index (χ2v) is 2.33. The van der Waals surface area contributed by atoms with Crippen LogP contribution in [0.3, 0.4) is 0 Å². The van der Waals surface area contributed by atoms with Gasteiger partial charge in [-0.25, -0.2) is 9.97 Å². The Bertz CT molecular complexity index is 241. The maximum atomic E-state index is 8.60. The van der Waals surface area contributed by atoms with Crippen molar-refractivity contribution in [1.29, 1.82) is 0 Å². The molecule has 0 fully saturated rings. The summed E-state index contributed by atoms with van der Waals surface area (Å²) in [5, 5.41) is 9.01. The van der Waals surface area contributed by atoms with Gasteiger partial charge in [-0.2, -0.15) is 0 Å². The van der Waals surface area contributed by atoms with E-state index in [0.717, 1.165) is 0 Å². The molecule has 1 rings (SSSR count). The lowest BCUT2D eigenvalue weighted by Gasteiger charge is -1.96. The Hall–Kier alpha value is -0.380. The monoisotopic (exact) mass is 178 g/mol. The molecule has 0 saturated carbocycles. The topological polar surface area (TPSA) is 46.0 Å². The zero-order valence-electron chi connectivity index (χ0n) is 4.88. The van der Waals surface area contributed by atoms with Gasteiger partial charge < -0.3 is 5.11 Å². The summed E-state index contributed by atoms with van der Waals surface area (Å²) in [5.74, 6) is 0. The van der Waals surface area contributed by atoms with E-state index in [9.17, 15) is 0 Å². The van der Waals surface area contributed by atoms with Crippen LogP contribution in [0.5, 0.6) is 0 Å². The van der Waals surface area contributed by atoms with E-state index in [1.807, 2.05) is 0 Å². The maximum Gasteiger partial charge on any atom is 0.153 e. The Morgan fingerprint density at radius 2 is 2.20 bits per heavy atom. The first-order chi connectivity index (χ1) is 4.74. The van der Waals surface area contributed by atoms with Crippen LogP contribution in [-0.4, -0.2) is 15.1 Å². The second kappa shape index (κ2) is 3.14. The fourth-order valence-electron chi connectivity index (χ4n) is 0.489. The molecule has 0 aliphatic heterocycles. The van der Waals surface area contributed by atoms with E-state index < -0.39 is 0 Å². The van der Waals surface area contributed by atoms with Gasteiger partial charge in [0.15, 0.2) is 5.15 Å². The fourth-order valence-corrected chi connectivity index (χ4v) is 0.791. The van der Waals surface area contributed by atoms with Crippen LogP contribution in [0.1, 0.15) is 5.69 Å².